The third-order valence-electron chi connectivity index (χ3n) is 3.89. The van der Waals surface area contributed by atoms with Gasteiger partial charge in [-0.25, -0.2) is 0 Å². The van der Waals surface area contributed by atoms with Crippen molar-refractivity contribution >= 4 is 22.7 Å². The van der Waals surface area contributed by atoms with Gasteiger partial charge in [-0.3, -0.25) is 0 Å². The molecule has 0 amide bonds. The van der Waals surface area contributed by atoms with Gasteiger partial charge in [-0.15, -0.1) is 0 Å². The Morgan fingerprint density at radius 2 is 1.65 bits per heavy atom. The number of benzene rings is 2. The van der Waals surface area contributed by atoms with Crippen molar-refractivity contribution in [3.8, 4) is 5.75 Å². The van der Waals surface area contributed by atoms with E-state index in [9.17, 15) is 0 Å². The number of allylic oxidation sites excluding steroid dienone is 3. The maximum Gasteiger partial charge on any atom is 0.126 e. The van der Waals surface area contributed by atoms with E-state index in [1.807, 2.05) is 42.5 Å². The van der Waals surface area contributed by atoms with Gasteiger partial charge in [-0.1, -0.05) is 41.9 Å². The molecule has 3 heteroatoms. The molecule has 0 bridgehead atoms. The summed E-state index contributed by atoms with van der Waals surface area (Å²) in [6.45, 7) is 0. The Morgan fingerprint density at radius 1 is 0.913 bits per heavy atom. The predicted molar refractivity (Wildman–Crippen MR) is 95.3 cm³/mol. The molecule has 117 valence electrons. The van der Waals surface area contributed by atoms with Crippen LogP contribution in [0.15, 0.2) is 60.4 Å². The van der Waals surface area contributed by atoms with Crippen molar-refractivity contribution in [1.29, 1.82) is 0 Å². The van der Waals surface area contributed by atoms with Crippen molar-refractivity contribution < 1.29 is 9.47 Å². The van der Waals surface area contributed by atoms with Gasteiger partial charge >= 0.3 is 0 Å². The zero-order valence-corrected chi connectivity index (χ0v) is 13.9. The summed E-state index contributed by atoms with van der Waals surface area (Å²) in [6, 6.07) is 15.8. The van der Waals surface area contributed by atoms with Gasteiger partial charge in [0.1, 0.15) is 11.5 Å². The number of hydrogen-bond acceptors (Lipinski definition) is 2. The Bertz CT molecular complexity index is 757. The van der Waals surface area contributed by atoms with E-state index in [4.69, 9.17) is 21.1 Å². The van der Waals surface area contributed by atoms with E-state index < -0.39 is 0 Å². The third kappa shape index (κ3) is 3.13. The highest BCUT2D eigenvalue weighted by Crippen LogP contribution is 2.41. The van der Waals surface area contributed by atoms with Crippen LogP contribution in [0.1, 0.15) is 17.5 Å². The molecule has 1 aliphatic carbocycles. The highest BCUT2D eigenvalue weighted by Gasteiger charge is 2.22. The van der Waals surface area contributed by atoms with E-state index in [2.05, 4.69) is 18.6 Å². The summed E-state index contributed by atoms with van der Waals surface area (Å²) in [5.74, 6) is 1.72. The van der Waals surface area contributed by atoms with E-state index in [1.54, 1.807) is 14.2 Å². The first-order valence-electron chi connectivity index (χ1n) is 7.46. The summed E-state index contributed by atoms with van der Waals surface area (Å²) in [4.78, 5) is 0. The fourth-order valence-electron chi connectivity index (χ4n) is 2.83. The molecule has 0 unspecified atom stereocenters. The Balaban J connectivity index is 2.22. The lowest BCUT2D eigenvalue weighted by Gasteiger charge is -2.23. The van der Waals surface area contributed by atoms with Gasteiger partial charge < -0.3 is 9.47 Å². The van der Waals surface area contributed by atoms with Crippen molar-refractivity contribution in [2.24, 2.45) is 0 Å². The molecule has 0 aromatic heterocycles. The maximum absolute atomic E-state index is 6.03. The quantitative estimate of drug-likeness (QED) is 0.749. The monoisotopic (exact) mass is 325 g/mol. The number of ether oxygens (including phenoxy) is 2. The average molecular weight is 326 g/mol. The van der Waals surface area contributed by atoms with E-state index in [1.165, 1.54) is 0 Å². The van der Waals surface area contributed by atoms with E-state index in [0.717, 1.165) is 45.2 Å². The van der Waals surface area contributed by atoms with Crippen LogP contribution in [0.25, 0.3) is 11.1 Å². The molecule has 0 heterocycles. The summed E-state index contributed by atoms with van der Waals surface area (Å²) in [5.41, 5.74) is 4.30. The molecular formula is C20H18ClO2. The van der Waals surface area contributed by atoms with Crippen molar-refractivity contribution in [3.05, 3.63) is 82.9 Å². The average Bonchev–Trinajstić information content (AvgIpc) is 2.61. The fourth-order valence-corrected chi connectivity index (χ4v) is 2.96. The SMILES string of the molecule is COC1=CC[CH]C(c2ccccc2OC)=C1c1ccc(Cl)cc1. The number of halogens is 1. The summed E-state index contributed by atoms with van der Waals surface area (Å²) in [7, 11) is 3.39. The van der Waals surface area contributed by atoms with Crippen LogP contribution < -0.4 is 4.74 Å². The van der Waals surface area contributed by atoms with Crippen LogP contribution in [0.2, 0.25) is 5.02 Å². The van der Waals surface area contributed by atoms with Gasteiger partial charge in [0.2, 0.25) is 0 Å². The molecule has 2 nitrogen and oxygen atoms in total. The van der Waals surface area contributed by atoms with Crippen molar-refractivity contribution in [2.75, 3.05) is 14.2 Å². The molecule has 2 aromatic rings. The zero-order chi connectivity index (χ0) is 16.2. The van der Waals surface area contributed by atoms with Gasteiger partial charge in [0.25, 0.3) is 0 Å². The number of rotatable bonds is 4. The summed E-state index contributed by atoms with van der Waals surface area (Å²) in [5, 5.41) is 0.718. The van der Waals surface area contributed by atoms with Crippen molar-refractivity contribution in [2.45, 2.75) is 6.42 Å². The van der Waals surface area contributed by atoms with Crippen molar-refractivity contribution in [1.82, 2.24) is 0 Å². The second-order valence-electron chi connectivity index (χ2n) is 5.21. The van der Waals surface area contributed by atoms with Gasteiger partial charge in [-0.05, 0) is 48.3 Å². The molecule has 23 heavy (non-hydrogen) atoms. The van der Waals surface area contributed by atoms with Crippen LogP contribution in [-0.4, -0.2) is 14.2 Å². The molecule has 0 saturated carbocycles. The summed E-state index contributed by atoms with van der Waals surface area (Å²) >= 11 is 6.03. The van der Waals surface area contributed by atoms with Crippen LogP contribution in [0.4, 0.5) is 0 Å². The van der Waals surface area contributed by atoms with Gasteiger partial charge in [0, 0.05) is 16.2 Å². The third-order valence-corrected chi connectivity index (χ3v) is 4.14. The Hall–Kier alpha value is -2.19. The first-order chi connectivity index (χ1) is 11.2. The second-order valence-corrected chi connectivity index (χ2v) is 5.64. The predicted octanol–water partition coefficient (Wildman–Crippen LogP) is 5.40. The lowest BCUT2D eigenvalue weighted by atomic mass is 9.86. The molecule has 3 rings (SSSR count). The highest BCUT2D eigenvalue weighted by atomic mass is 35.5. The molecule has 1 radical (unpaired) electrons. The number of para-hydroxylation sites is 1. The molecule has 0 aliphatic heterocycles. The molecule has 0 fully saturated rings. The molecule has 1 aliphatic rings. The normalized spacial score (nSPS) is 14.5. The van der Waals surface area contributed by atoms with Crippen LogP contribution >= 0.6 is 11.6 Å². The Kier molecular flexibility index (Phi) is 4.73. The smallest absolute Gasteiger partial charge is 0.126 e. The minimum Gasteiger partial charge on any atom is -0.496 e. The summed E-state index contributed by atoms with van der Waals surface area (Å²) in [6.07, 6.45) is 5.11. The Labute approximate surface area is 142 Å². The van der Waals surface area contributed by atoms with Gasteiger partial charge in [0.15, 0.2) is 0 Å². The van der Waals surface area contributed by atoms with Gasteiger partial charge in [-0.2, -0.15) is 0 Å². The van der Waals surface area contributed by atoms with E-state index in [0.29, 0.717) is 0 Å². The topological polar surface area (TPSA) is 18.5 Å². The highest BCUT2D eigenvalue weighted by molar-refractivity contribution is 6.30. The van der Waals surface area contributed by atoms with Crippen LogP contribution in [0, 0.1) is 6.42 Å². The summed E-state index contributed by atoms with van der Waals surface area (Å²) < 4.78 is 11.2. The van der Waals surface area contributed by atoms with Crippen LogP contribution in [0.3, 0.4) is 0 Å². The lowest BCUT2D eigenvalue weighted by molar-refractivity contribution is 0.309. The Morgan fingerprint density at radius 3 is 2.35 bits per heavy atom. The van der Waals surface area contributed by atoms with E-state index in [-0.39, 0.29) is 0 Å². The molecule has 0 saturated heterocycles. The second kappa shape index (κ2) is 6.93. The number of methoxy groups -OCH3 is 2. The molecule has 0 N–H and O–H groups in total. The van der Waals surface area contributed by atoms with Gasteiger partial charge in [0.05, 0.1) is 14.2 Å². The minimum absolute atomic E-state index is 0.718. The first-order valence-corrected chi connectivity index (χ1v) is 7.83. The molecular weight excluding hydrogens is 308 g/mol. The zero-order valence-electron chi connectivity index (χ0n) is 13.2. The van der Waals surface area contributed by atoms with Crippen LogP contribution in [-0.2, 0) is 4.74 Å². The largest absolute Gasteiger partial charge is 0.496 e. The van der Waals surface area contributed by atoms with Crippen molar-refractivity contribution in [3.63, 3.8) is 0 Å². The standard InChI is InChI=1S/C20H18ClO2/c1-22-18-8-4-3-6-16(18)17-7-5-9-19(23-2)20(17)14-10-12-15(21)13-11-14/h3-4,6-13H,5H2,1-2H3. The fraction of sp³-hybridized carbons (Fsp3) is 0.150. The lowest BCUT2D eigenvalue weighted by Crippen LogP contribution is -2.04. The first kappa shape index (κ1) is 15.7. The van der Waals surface area contributed by atoms with E-state index >= 15 is 0 Å². The molecule has 2 aromatic carbocycles. The number of hydrogen-bond donors (Lipinski definition) is 0. The van der Waals surface area contributed by atoms with Crippen LogP contribution in [0.5, 0.6) is 5.75 Å². The minimum atomic E-state index is 0.718. The molecule has 0 spiro atoms. The maximum atomic E-state index is 6.03. The molecule has 0 atom stereocenters.